The maximum absolute atomic E-state index is 12.0. The maximum atomic E-state index is 12.0. The highest BCUT2D eigenvalue weighted by Gasteiger charge is 2.10. The van der Waals surface area contributed by atoms with E-state index in [4.69, 9.17) is 16.3 Å². The van der Waals surface area contributed by atoms with Crippen LogP contribution in [-0.4, -0.2) is 23.8 Å². The summed E-state index contributed by atoms with van der Waals surface area (Å²) in [6.07, 6.45) is 0. The second-order valence-electron chi connectivity index (χ2n) is 4.50. The molecule has 5 nitrogen and oxygen atoms in total. The lowest BCUT2D eigenvalue weighted by Gasteiger charge is -2.08. The summed E-state index contributed by atoms with van der Waals surface area (Å²) >= 11 is 5.95. The molecule has 6 heteroatoms. The number of ether oxygens (including phenoxy) is 1. The molecule has 0 aliphatic rings. The number of nitrogens with zero attached hydrogens (tertiary/aromatic N) is 1. The van der Waals surface area contributed by atoms with Crippen LogP contribution < -0.4 is 10.2 Å². The van der Waals surface area contributed by atoms with E-state index < -0.39 is 5.91 Å². The lowest BCUT2D eigenvalue weighted by atomic mass is 10.1. The molecule has 0 fully saturated rings. The highest BCUT2D eigenvalue weighted by Crippen LogP contribution is 2.23. The van der Waals surface area contributed by atoms with E-state index in [0.29, 0.717) is 27.6 Å². The van der Waals surface area contributed by atoms with Gasteiger partial charge in [0.25, 0.3) is 5.91 Å². The second-order valence-corrected chi connectivity index (χ2v) is 4.91. The minimum atomic E-state index is -0.424. The van der Waals surface area contributed by atoms with E-state index in [1.165, 1.54) is 13.2 Å². The molecule has 0 aliphatic heterocycles. The van der Waals surface area contributed by atoms with Crippen LogP contribution >= 0.6 is 11.6 Å². The van der Waals surface area contributed by atoms with Gasteiger partial charge in [-0.1, -0.05) is 23.7 Å². The molecule has 0 saturated heterocycles. The number of nitrogens with one attached hydrogen (secondary N) is 1. The van der Waals surface area contributed by atoms with Gasteiger partial charge in [0.2, 0.25) is 0 Å². The molecule has 0 aromatic heterocycles. The third-order valence-corrected chi connectivity index (χ3v) is 3.37. The summed E-state index contributed by atoms with van der Waals surface area (Å²) in [4.78, 5) is 12.0. The Balaban J connectivity index is 2.20. The number of methoxy groups -OCH3 is 1. The Labute approximate surface area is 133 Å². The number of benzene rings is 2. The predicted molar refractivity (Wildman–Crippen MR) is 85.8 cm³/mol. The van der Waals surface area contributed by atoms with Crippen molar-refractivity contribution in [3.8, 4) is 11.5 Å². The number of amides is 1. The highest BCUT2D eigenvalue weighted by atomic mass is 35.5. The molecule has 2 N–H and O–H groups in total. The van der Waals surface area contributed by atoms with Crippen molar-refractivity contribution in [3.63, 3.8) is 0 Å². The van der Waals surface area contributed by atoms with Crippen LogP contribution in [0, 0.1) is 0 Å². The second kappa shape index (κ2) is 6.95. The Bertz CT molecular complexity index is 729. The topological polar surface area (TPSA) is 70.9 Å². The van der Waals surface area contributed by atoms with Crippen LogP contribution in [0.5, 0.6) is 11.5 Å². The zero-order valence-corrected chi connectivity index (χ0v) is 12.9. The fraction of sp³-hybridized carbons (Fsp3) is 0.125. The molecule has 0 atom stereocenters. The number of rotatable bonds is 4. The number of phenols is 1. The number of hydrogen-bond acceptors (Lipinski definition) is 4. The molecule has 0 spiro atoms. The largest absolute Gasteiger partial charge is 0.507 e. The first-order chi connectivity index (χ1) is 10.5. The minimum absolute atomic E-state index is 0.0500. The quantitative estimate of drug-likeness (QED) is 0.671. The molecular weight excluding hydrogens is 304 g/mol. The number of aromatic hydroxyl groups is 1. The Morgan fingerprint density at radius 1 is 1.23 bits per heavy atom. The van der Waals surface area contributed by atoms with Crippen molar-refractivity contribution in [1.82, 2.24) is 5.43 Å². The van der Waals surface area contributed by atoms with Crippen molar-refractivity contribution < 1.29 is 14.6 Å². The first kappa shape index (κ1) is 15.9. The molecule has 2 aromatic carbocycles. The third-order valence-electron chi connectivity index (χ3n) is 3.04. The number of hydrogen-bond donors (Lipinski definition) is 2. The Kier molecular flexibility index (Phi) is 5.01. The summed E-state index contributed by atoms with van der Waals surface area (Å²) in [7, 11) is 1.53. The van der Waals surface area contributed by atoms with E-state index in [-0.39, 0.29) is 5.75 Å². The minimum Gasteiger partial charge on any atom is -0.507 e. The van der Waals surface area contributed by atoms with Gasteiger partial charge in [-0.15, -0.1) is 0 Å². The lowest BCUT2D eigenvalue weighted by Crippen LogP contribution is -2.19. The van der Waals surface area contributed by atoms with Crippen molar-refractivity contribution in [2.75, 3.05) is 7.11 Å². The molecule has 0 aliphatic carbocycles. The molecule has 114 valence electrons. The van der Waals surface area contributed by atoms with Crippen LogP contribution in [-0.2, 0) is 0 Å². The molecule has 0 radical (unpaired) electrons. The number of carbonyl (C=O) groups excluding carboxylic acids is 1. The van der Waals surface area contributed by atoms with E-state index in [2.05, 4.69) is 10.5 Å². The zero-order chi connectivity index (χ0) is 16.1. The average Bonchev–Trinajstić information content (AvgIpc) is 2.53. The lowest BCUT2D eigenvalue weighted by molar-refractivity contribution is 0.0955. The van der Waals surface area contributed by atoms with Gasteiger partial charge in [-0.2, -0.15) is 5.10 Å². The number of carbonyl (C=O) groups is 1. The van der Waals surface area contributed by atoms with Crippen LogP contribution in [0.25, 0.3) is 0 Å². The summed E-state index contributed by atoms with van der Waals surface area (Å²) in [5, 5.41) is 14.2. The van der Waals surface area contributed by atoms with Crippen LogP contribution in [0.1, 0.15) is 22.8 Å². The van der Waals surface area contributed by atoms with E-state index in [1.54, 1.807) is 43.3 Å². The van der Waals surface area contributed by atoms with Crippen LogP contribution in [0.3, 0.4) is 0 Å². The average molecular weight is 319 g/mol. The summed E-state index contributed by atoms with van der Waals surface area (Å²) in [6, 6.07) is 11.5. The Hall–Kier alpha value is -2.53. The van der Waals surface area contributed by atoms with E-state index in [0.717, 1.165) is 0 Å². The van der Waals surface area contributed by atoms with Crippen molar-refractivity contribution >= 4 is 23.2 Å². The SMILES string of the molecule is COc1ccc(O)c(/C(C)=N/NC(=O)c2ccccc2Cl)c1. The molecule has 1 amide bonds. The van der Waals surface area contributed by atoms with Gasteiger partial charge in [-0.3, -0.25) is 4.79 Å². The molecule has 2 aromatic rings. The first-order valence-corrected chi connectivity index (χ1v) is 6.87. The molecule has 22 heavy (non-hydrogen) atoms. The molecule has 0 heterocycles. The first-order valence-electron chi connectivity index (χ1n) is 6.49. The van der Waals surface area contributed by atoms with Gasteiger partial charge in [-0.25, -0.2) is 5.43 Å². The predicted octanol–water partition coefficient (Wildman–Crippen LogP) is 3.21. The van der Waals surface area contributed by atoms with Crippen LogP contribution in [0.2, 0.25) is 5.02 Å². The molecule has 0 bridgehead atoms. The van der Waals surface area contributed by atoms with Gasteiger partial charge in [-0.05, 0) is 37.3 Å². The third kappa shape index (κ3) is 3.56. The summed E-state index contributed by atoms with van der Waals surface area (Å²) in [5.41, 5.74) is 3.66. The monoisotopic (exact) mass is 318 g/mol. The molecule has 0 saturated carbocycles. The van der Waals surface area contributed by atoms with Crippen LogP contribution in [0.15, 0.2) is 47.6 Å². The number of hydrazone groups is 1. The highest BCUT2D eigenvalue weighted by molar-refractivity contribution is 6.33. The molecule has 0 unspecified atom stereocenters. The van der Waals surface area contributed by atoms with Gasteiger partial charge in [0.15, 0.2) is 0 Å². The van der Waals surface area contributed by atoms with Gasteiger partial charge in [0, 0.05) is 5.56 Å². The standard InChI is InChI=1S/C16H15ClN2O3/c1-10(13-9-11(22-2)7-8-15(13)20)18-19-16(21)12-5-3-4-6-14(12)17/h3-9,20H,1-2H3,(H,19,21)/b18-10+. The molecular formula is C16H15ClN2O3. The summed E-state index contributed by atoms with van der Waals surface area (Å²) in [5.74, 6) is 0.209. The smallest absolute Gasteiger partial charge is 0.272 e. The number of phenolic OH excluding ortho intramolecular Hbond substituents is 1. The van der Waals surface area contributed by atoms with E-state index in [1.807, 2.05) is 0 Å². The van der Waals surface area contributed by atoms with Crippen LogP contribution in [0.4, 0.5) is 0 Å². The Morgan fingerprint density at radius 2 is 1.95 bits per heavy atom. The Morgan fingerprint density at radius 3 is 2.64 bits per heavy atom. The van der Waals surface area contributed by atoms with E-state index >= 15 is 0 Å². The summed E-state index contributed by atoms with van der Waals surface area (Å²) < 4.78 is 5.10. The van der Waals surface area contributed by atoms with Gasteiger partial charge in [0.05, 0.1) is 23.4 Å². The van der Waals surface area contributed by atoms with Gasteiger partial charge >= 0.3 is 0 Å². The summed E-state index contributed by atoms with van der Waals surface area (Å²) in [6.45, 7) is 1.67. The van der Waals surface area contributed by atoms with E-state index in [9.17, 15) is 9.90 Å². The van der Waals surface area contributed by atoms with Crippen molar-refractivity contribution in [2.24, 2.45) is 5.10 Å². The normalized spacial score (nSPS) is 11.1. The van der Waals surface area contributed by atoms with Gasteiger partial charge in [0.1, 0.15) is 11.5 Å². The zero-order valence-electron chi connectivity index (χ0n) is 12.1. The number of halogens is 1. The van der Waals surface area contributed by atoms with Crippen molar-refractivity contribution in [2.45, 2.75) is 6.92 Å². The fourth-order valence-electron chi connectivity index (χ4n) is 1.83. The molecule has 2 rings (SSSR count). The fourth-order valence-corrected chi connectivity index (χ4v) is 2.05. The van der Waals surface area contributed by atoms with Crippen molar-refractivity contribution in [3.05, 3.63) is 58.6 Å². The maximum Gasteiger partial charge on any atom is 0.272 e. The van der Waals surface area contributed by atoms with Gasteiger partial charge < -0.3 is 9.84 Å². The van der Waals surface area contributed by atoms with Crippen molar-refractivity contribution in [1.29, 1.82) is 0 Å².